The van der Waals surface area contributed by atoms with Crippen LogP contribution in [0.3, 0.4) is 0 Å². The van der Waals surface area contributed by atoms with E-state index in [4.69, 9.17) is 0 Å². The van der Waals surface area contributed by atoms with E-state index in [-0.39, 0.29) is 0 Å². The standard InChI is InChI=1S/C52H30O2/c53-49(31-25-27-39-37-17-5-11-23-45(37)51(47(39)29-31)41-19-7-1-13-33(41)34-14-2-8-20-42(34)51)50(54)32-26-28-40-38-18-6-12-24-46(38)52(48(40)30-32)43-21-9-3-15-35(43)36-16-4-10-22-44(36)52/h1-30H. The van der Waals surface area contributed by atoms with Gasteiger partial charge in [0.2, 0.25) is 11.6 Å². The third-order valence-corrected chi connectivity index (χ3v) is 12.7. The van der Waals surface area contributed by atoms with Gasteiger partial charge in [0.15, 0.2) is 0 Å². The van der Waals surface area contributed by atoms with Crippen molar-refractivity contribution in [1.82, 2.24) is 0 Å². The first-order valence-corrected chi connectivity index (χ1v) is 18.6. The van der Waals surface area contributed by atoms with Crippen molar-refractivity contribution in [2.45, 2.75) is 10.8 Å². The molecule has 250 valence electrons. The highest BCUT2D eigenvalue weighted by atomic mass is 16.2. The van der Waals surface area contributed by atoms with E-state index >= 15 is 0 Å². The van der Waals surface area contributed by atoms with Crippen LogP contribution in [0.25, 0.3) is 44.5 Å². The van der Waals surface area contributed by atoms with Crippen LogP contribution in [-0.2, 0) is 10.8 Å². The van der Waals surface area contributed by atoms with Gasteiger partial charge in [-0.15, -0.1) is 0 Å². The van der Waals surface area contributed by atoms with Gasteiger partial charge in [-0.05, 0) is 101 Å². The maximum Gasteiger partial charge on any atom is 0.233 e. The Balaban J connectivity index is 1.03. The number of fused-ring (bicyclic) bond motifs is 20. The molecule has 0 unspecified atom stereocenters. The Kier molecular flexibility index (Phi) is 5.69. The summed E-state index contributed by atoms with van der Waals surface area (Å²) in [5, 5.41) is 0. The zero-order valence-electron chi connectivity index (χ0n) is 29.1. The lowest BCUT2D eigenvalue weighted by atomic mass is 9.70. The normalized spacial score (nSPS) is 14.7. The number of carbonyl (C=O) groups excluding carboxylic acids is 2. The van der Waals surface area contributed by atoms with Crippen molar-refractivity contribution < 1.29 is 9.59 Å². The Morgan fingerprint density at radius 2 is 0.481 bits per heavy atom. The molecule has 2 spiro atoms. The highest BCUT2D eigenvalue weighted by Crippen LogP contribution is 2.64. The Bertz CT molecular complexity index is 2670. The third-order valence-electron chi connectivity index (χ3n) is 12.7. The van der Waals surface area contributed by atoms with E-state index in [1.165, 1.54) is 55.6 Å². The molecular formula is C52H30O2. The molecule has 4 aliphatic rings. The van der Waals surface area contributed by atoms with E-state index < -0.39 is 22.4 Å². The molecule has 0 heterocycles. The van der Waals surface area contributed by atoms with E-state index in [0.717, 1.165) is 33.4 Å². The number of ketones is 2. The topological polar surface area (TPSA) is 34.1 Å². The highest BCUT2D eigenvalue weighted by Gasteiger charge is 2.53. The molecule has 8 aromatic carbocycles. The van der Waals surface area contributed by atoms with E-state index in [1.54, 1.807) is 0 Å². The molecule has 2 heteroatoms. The second-order valence-corrected chi connectivity index (χ2v) is 15.0. The summed E-state index contributed by atoms with van der Waals surface area (Å²) in [5.74, 6) is -1.000. The molecule has 0 fully saturated rings. The molecule has 0 bridgehead atoms. The van der Waals surface area contributed by atoms with E-state index in [1.807, 2.05) is 36.4 Å². The first-order valence-electron chi connectivity index (χ1n) is 18.6. The van der Waals surface area contributed by atoms with Gasteiger partial charge >= 0.3 is 0 Å². The van der Waals surface area contributed by atoms with Gasteiger partial charge in [-0.3, -0.25) is 9.59 Å². The zero-order valence-corrected chi connectivity index (χ0v) is 29.1. The molecule has 0 aromatic heterocycles. The van der Waals surface area contributed by atoms with Crippen LogP contribution in [0.2, 0.25) is 0 Å². The van der Waals surface area contributed by atoms with Crippen LogP contribution < -0.4 is 0 Å². The largest absolute Gasteiger partial charge is 0.285 e. The van der Waals surface area contributed by atoms with Gasteiger partial charge < -0.3 is 0 Å². The fourth-order valence-corrected chi connectivity index (χ4v) is 10.7. The maximum atomic E-state index is 14.6. The molecule has 4 aliphatic carbocycles. The summed E-state index contributed by atoms with van der Waals surface area (Å²) in [6.45, 7) is 0. The zero-order chi connectivity index (χ0) is 35.8. The van der Waals surface area contributed by atoms with Crippen molar-refractivity contribution in [2.75, 3.05) is 0 Å². The maximum absolute atomic E-state index is 14.6. The van der Waals surface area contributed by atoms with Crippen LogP contribution in [0.15, 0.2) is 182 Å². The minimum absolute atomic E-state index is 0.405. The van der Waals surface area contributed by atoms with Crippen LogP contribution >= 0.6 is 0 Å². The number of rotatable bonds is 3. The van der Waals surface area contributed by atoms with Crippen LogP contribution in [0.5, 0.6) is 0 Å². The lowest BCUT2D eigenvalue weighted by Gasteiger charge is -2.30. The molecule has 0 saturated carbocycles. The van der Waals surface area contributed by atoms with Crippen LogP contribution in [0.4, 0.5) is 0 Å². The van der Waals surface area contributed by atoms with E-state index in [0.29, 0.717) is 11.1 Å². The lowest BCUT2D eigenvalue weighted by Crippen LogP contribution is -2.27. The summed E-state index contributed by atoms with van der Waals surface area (Å²) in [4.78, 5) is 29.2. The summed E-state index contributed by atoms with van der Waals surface area (Å²) in [7, 11) is 0. The van der Waals surface area contributed by atoms with Crippen LogP contribution in [0, 0.1) is 0 Å². The molecule has 0 saturated heterocycles. The first-order chi connectivity index (χ1) is 26.6. The number of hydrogen-bond acceptors (Lipinski definition) is 2. The average Bonchev–Trinajstić information content (AvgIpc) is 3.92. The van der Waals surface area contributed by atoms with Crippen molar-refractivity contribution in [3.05, 3.63) is 238 Å². The van der Waals surface area contributed by atoms with E-state index in [2.05, 4.69) is 146 Å². The van der Waals surface area contributed by atoms with Gasteiger partial charge in [0.1, 0.15) is 0 Å². The summed E-state index contributed by atoms with van der Waals surface area (Å²) >= 11 is 0. The van der Waals surface area contributed by atoms with Crippen molar-refractivity contribution in [3.8, 4) is 44.5 Å². The average molecular weight is 687 g/mol. The Morgan fingerprint density at radius 3 is 0.741 bits per heavy atom. The first kappa shape index (κ1) is 29.7. The highest BCUT2D eigenvalue weighted by molar-refractivity contribution is 6.49. The van der Waals surface area contributed by atoms with Crippen molar-refractivity contribution in [1.29, 1.82) is 0 Å². The minimum atomic E-state index is -0.590. The molecule has 12 rings (SSSR count). The molecule has 0 atom stereocenters. The van der Waals surface area contributed by atoms with Gasteiger partial charge in [-0.2, -0.15) is 0 Å². The van der Waals surface area contributed by atoms with Crippen LogP contribution in [0.1, 0.15) is 65.2 Å². The molecule has 0 aliphatic heterocycles. The molecule has 8 aromatic rings. The number of Topliss-reactive ketones (excluding diaryl/α,β-unsaturated/α-hetero) is 2. The van der Waals surface area contributed by atoms with Gasteiger partial charge in [-0.25, -0.2) is 0 Å². The SMILES string of the molecule is O=C(C(=O)c1ccc2c(c1)C1(c3ccccc3-c3ccccc31)c1ccccc1-2)c1ccc2c(c1)C1(c3ccccc3-c3ccccc31)c1ccccc1-2. The molecule has 0 radical (unpaired) electrons. The summed E-state index contributed by atoms with van der Waals surface area (Å²) in [6, 6.07) is 63.4. The minimum Gasteiger partial charge on any atom is -0.285 e. The Labute approximate surface area is 313 Å². The van der Waals surface area contributed by atoms with Crippen molar-refractivity contribution in [3.63, 3.8) is 0 Å². The number of carbonyl (C=O) groups is 2. The molecule has 0 amide bonds. The van der Waals surface area contributed by atoms with Gasteiger partial charge in [0.25, 0.3) is 0 Å². The smallest absolute Gasteiger partial charge is 0.233 e. The van der Waals surface area contributed by atoms with Crippen molar-refractivity contribution >= 4 is 11.6 Å². The molecule has 2 nitrogen and oxygen atoms in total. The summed E-state index contributed by atoms with van der Waals surface area (Å²) in [5.41, 5.74) is 18.2. The quantitative estimate of drug-likeness (QED) is 0.137. The predicted octanol–water partition coefficient (Wildman–Crippen LogP) is 11.4. The second-order valence-electron chi connectivity index (χ2n) is 15.0. The van der Waals surface area contributed by atoms with Gasteiger partial charge in [0.05, 0.1) is 10.8 Å². The monoisotopic (exact) mass is 686 g/mol. The lowest BCUT2D eigenvalue weighted by molar-refractivity contribution is 0.0817. The molecular weight excluding hydrogens is 657 g/mol. The number of hydrogen-bond donors (Lipinski definition) is 0. The second kappa shape index (κ2) is 10.4. The Hall–Kier alpha value is -6.90. The van der Waals surface area contributed by atoms with Gasteiger partial charge in [0, 0.05) is 11.1 Å². The number of benzene rings is 8. The van der Waals surface area contributed by atoms with E-state index in [9.17, 15) is 9.59 Å². The molecule has 54 heavy (non-hydrogen) atoms. The third kappa shape index (κ3) is 3.38. The van der Waals surface area contributed by atoms with Crippen molar-refractivity contribution in [2.24, 2.45) is 0 Å². The molecule has 0 N–H and O–H groups in total. The van der Waals surface area contributed by atoms with Crippen LogP contribution in [-0.4, -0.2) is 11.6 Å². The summed E-state index contributed by atoms with van der Waals surface area (Å²) < 4.78 is 0. The Morgan fingerprint density at radius 1 is 0.259 bits per heavy atom. The fraction of sp³-hybridized carbons (Fsp3) is 0.0385. The predicted molar refractivity (Wildman–Crippen MR) is 214 cm³/mol. The van der Waals surface area contributed by atoms with Gasteiger partial charge in [-0.1, -0.05) is 170 Å². The summed E-state index contributed by atoms with van der Waals surface area (Å²) in [6.07, 6.45) is 0. The fourth-order valence-electron chi connectivity index (χ4n) is 10.7.